The van der Waals surface area contributed by atoms with Crippen LogP contribution in [-0.4, -0.2) is 72.7 Å². The molecule has 0 unspecified atom stereocenters. The number of nitrogens with one attached hydrogen (secondary N) is 2. The molecule has 15 nitrogen and oxygen atoms in total. The Balaban J connectivity index is 0.000000165. The zero-order valence-corrected chi connectivity index (χ0v) is 20.5. The van der Waals surface area contributed by atoms with Gasteiger partial charge in [-0.2, -0.15) is 0 Å². The first-order chi connectivity index (χ1) is 16.4. The van der Waals surface area contributed by atoms with Gasteiger partial charge in [0.25, 0.3) is 0 Å². The fraction of sp³-hybridized carbons (Fsp3) is 0.222. The van der Waals surface area contributed by atoms with Crippen molar-refractivity contribution in [2.45, 2.75) is 13.8 Å². The lowest BCUT2D eigenvalue weighted by molar-refractivity contribution is -0.118. The van der Waals surface area contributed by atoms with Gasteiger partial charge >= 0.3 is 0 Å². The van der Waals surface area contributed by atoms with Gasteiger partial charge in [-0.15, -0.1) is 10.2 Å². The average Bonchev–Trinajstić information content (AvgIpc) is 3.47. The van der Waals surface area contributed by atoms with Gasteiger partial charge in [-0.3, -0.25) is 20.0 Å². The molecule has 17 heteroatoms. The monoisotopic (exact) mass is 520 g/mol. The minimum Gasteiger partial charge on any atom is -0.281 e. The molecule has 2 N–H and O–H groups in total. The minimum absolute atomic E-state index is 0.242. The Morgan fingerprint density at radius 1 is 0.914 bits per heavy atom. The highest BCUT2D eigenvalue weighted by Crippen LogP contribution is 2.17. The molecule has 5 heterocycles. The Bertz CT molecular complexity index is 1800. The number of aromatic nitrogens is 8. The topological polar surface area (TPSA) is 188 Å². The summed E-state index contributed by atoms with van der Waals surface area (Å²) in [6.45, 7) is 3.15. The number of anilines is 1. The van der Waals surface area contributed by atoms with E-state index in [-0.39, 0.29) is 11.6 Å². The van der Waals surface area contributed by atoms with E-state index in [1.807, 2.05) is 0 Å². The van der Waals surface area contributed by atoms with E-state index in [2.05, 4.69) is 36.0 Å². The van der Waals surface area contributed by atoms with Gasteiger partial charge in [0.1, 0.15) is 11.3 Å². The van der Waals surface area contributed by atoms with Crippen LogP contribution in [0.1, 0.15) is 12.7 Å². The van der Waals surface area contributed by atoms with Gasteiger partial charge in [-0.25, -0.2) is 39.7 Å². The summed E-state index contributed by atoms with van der Waals surface area (Å²) in [6.07, 6.45) is 7.91. The molecule has 5 aromatic rings. The van der Waals surface area contributed by atoms with Crippen LogP contribution in [-0.2, 0) is 24.8 Å². The molecule has 5 rings (SSSR count). The molecule has 0 saturated carbocycles. The van der Waals surface area contributed by atoms with Gasteiger partial charge in [-0.1, -0.05) is 0 Å². The molecule has 0 bridgehead atoms. The molecule has 0 fully saturated rings. The van der Waals surface area contributed by atoms with Gasteiger partial charge in [0.2, 0.25) is 26.0 Å². The average molecular weight is 521 g/mol. The maximum atomic E-state index is 11.5. The molecule has 0 atom stereocenters. The van der Waals surface area contributed by atoms with Gasteiger partial charge in [0.05, 0.1) is 30.4 Å². The summed E-state index contributed by atoms with van der Waals surface area (Å²) in [4.78, 5) is 22.9. The summed E-state index contributed by atoms with van der Waals surface area (Å²) in [6, 6.07) is 3.22. The Morgan fingerprint density at radius 2 is 1.54 bits per heavy atom. The number of carbonyl (C=O) groups excluding carboxylic acids is 1. The van der Waals surface area contributed by atoms with Crippen molar-refractivity contribution in [2.75, 3.05) is 17.9 Å². The summed E-state index contributed by atoms with van der Waals surface area (Å²) in [7, 11) is -6.75. The van der Waals surface area contributed by atoms with Crippen LogP contribution in [0.25, 0.3) is 28.0 Å². The number of fused-ring (bicyclic) bond motifs is 4. The predicted molar refractivity (Wildman–Crippen MR) is 126 cm³/mol. The molecule has 0 aromatic carbocycles. The molecule has 0 spiro atoms. The van der Waals surface area contributed by atoms with Crippen molar-refractivity contribution in [3.05, 3.63) is 42.7 Å². The highest BCUT2D eigenvalue weighted by molar-refractivity contribution is 7.89. The lowest BCUT2D eigenvalue weighted by atomic mass is 10.5. The minimum atomic E-state index is -3.40. The number of nitrogens with zero attached hydrogens (tertiary/aromatic N) is 8. The third-order valence-corrected chi connectivity index (χ3v) is 6.65. The zero-order valence-electron chi connectivity index (χ0n) is 18.9. The first kappa shape index (κ1) is 24.0. The van der Waals surface area contributed by atoms with Gasteiger partial charge in [0, 0.05) is 19.3 Å². The first-order valence-corrected chi connectivity index (χ1v) is 13.5. The van der Waals surface area contributed by atoms with E-state index in [1.54, 1.807) is 17.4 Å². The van der Waals surface area contributed by atoms with E-state index >= 15 is 0 Å². The Morgan fingerprint density at radius 3 is 2.20 bits per heavy atom. The third kappa shape index (κ3) is 4.76. The van der Waals surface area contributed by atoms with Gasteiger partial charge < -0.3 is 0 Å². The Kier molecular flexibility index (Phi) is 5.89. The van der Waals surface area contributed by atoms with Crippen molar-refractivity contribution in [3.8, 4) is 0 Å². The molecule has 5 aromatic heterocycles. The van der Waals surface area contributed by atoms with Crippen LogP contribution in [0.3, 0.4) is 0 Å². The first-order valence-electron chi connectivity index (χ1n) is 9.82. The van der Waals surface area contributed by atoms with Gasteiger partial charge in [0.15, 0.2) is 22.8 Å². The van der Waals surface area contributed by atoms with Crippen LogP contribution < -0.4 is 10.9 Å². The molecule has 1 amide bonds. The van der Waals surface area contributed by atoms with E-state index < -0.39 is 20.0 Å². The lowest BCUT2D eigenvalue weighted by Crippen LogP contribution is -2.27. The van der Waals surface area contributed by atoms with Crippen molar-refractivity contribution >= 4 is 59.7 Å². The molecular formula is C18H20N10O5S2. The number of amides is 1. The number of aryl methyl sites for hydroxylation is 1. The van der Waals surface area contributed by atoms with E-state index in [0.29, 0.717) is 34.0 Å². The summed E-state index contributed by atoms with van der Waals surface area (Å²) < 4.78 is 49.9. The maximum absolute atomic E-state index is 11.5. The number of hydrogen-bond donors (Lipinski definition) is 2. The van der Waals surface area contributed by atoms with E-state index in [0.717, 1.165) is 20.5 Å². The fourth-order valence-electron chi connectivity index (χ4n) is 3.21. The lowest BCUT2D eigenvalue weighted by Gasteiger charge is -2.05. The van der Waals surface area contributed by atoms with Crippen LogP contribution >= 0.6 is 0 Å². The Hall–Kier alpha value is -4.12. The second kappa shape index (κ2) is 8.58. The predicted octanol–water partition coefficient (Wildman–Crippen LogP) is -0.103. The van der Waals surface area contributed by atoms with Crippen LogP contribution in [0.2, 0.25) is 0 Å². The SMILES string of the molecule is CC(=O)NNc1cnc2c(ccn2S(C)(=O)=O)n1.Cc1nnc2cnc3c(ccn3S(C)(=O)=O)n12. The van der Waals surface area contributed by atoms with Crippen molar-refractivity contribution in [1.82, 2.24) is 42.9 Å². The second-order valence-electron chi connectivity index (χ2n) is 7.43. The molecule has 0 aliphatic heterocycles. The van der Waals surface area contributed by atoms with Crippen LogP contribution in [0.15, 0.2) is 36.9 Å². The third-order valence-electron chi connectivity index (χ3n) is 4.64. The van der Waals surface area contributed by atoms with Crippen molar-refractivity contribution in [1.29, 1.82) is 0 Å². The maximum Gasteiger partial charge on any atom is 0.237 e. The molecular weight excluding hydrogens is 500 g/mol. The van der Waals surface area contributed by atoms with Crippen LogP contribution in [0, 0.1) is 6.92 Å². The zero-order chi connectivity index (χ0) is 25.5. The number of hydrazine groups is 1. The fourth-order valence-corrected chi connectivity index (χ4v) is 4.68. The highest BCUT2D eigenvalue weighted by atomic mass is 32.2. The smallest absolute Gasteiger partial charge is 0.237 e. The largest absolute Gasteiger partial charge is 0.281 e. The molecule has 0 aliphatic rings. The quantitative estimate of drug-likeness (QED) is 0.301. The summed E-state index contributed by atoms with van der Waals surface area (Å²) in [5.74, 6) is 0.744. The van der Waals surface area contributed by atoms with Crippen molar-refractivity contribution in [2.24, 2.45) is 0 Å². The van der Waals surface area contributed by atoms with E-state index in [9.17, 15) is 21.6 Å². The molecule has 0 aliphatic carbocycles. The van der Waals surface area contributed by atoms with Crippen molar-refractivity contribution < 1.29 is 21.6 Å². The van der Waals surface area contributed by atoms with E-state index in [1.165, 1.54) is 37.8 Å². The summed E-state index contributed by atoms with van der Waals surface area (Å²) in [5.41, 5.74) is 7.21. The van der Waals surface area contributed by atoms with Gasteiger partial charge in [-0.05, 0) is 19.1 Å². The molecule has 0 saturated heterocycles. The van der Waals surface area contributed by atoms with Crippen LogP contribution in [0.5, 0.6) is 0 Å². The second-order valence-corrected chi connectivity index (χ2v) is 11.1. The number of rotatable bonds is 4. The Labute approximate surface area is 198 Å². The standard InChI is InChI=1S/C9H11N5O3S.C9H9N5O2S/c1-6(15)12-13-8-5-10-9-7(11-8)3-4-14(9)18(2,16)17;1-6-11-12-8-5-10-9-7(14(6)8)3-4-13(9)17(2,15)16/h3-5H,1-2H3,(H,11,13)(H,12,15);3-5H,1-2H3. The van der Waals surface area contributed by atoms with Crippen molar-refractivity contribution in [3.63, 3.8) is 0 Å². The normalized spacial score (nSPS) is 12.0. The highest BCUT2D eigenvalue weighted by Gasteiger charge is 2.15. The molecule has 35 heavy (non-hydrogen) atoms. The molecule has 184 valence electrons. The number of carbonyl (C=O) groups is 1. The summed E-state index contributed by atoms with van der Waals surface area (Å²) >= 11 is 0. The summed E-state index contributed by atoms with van der Waals surface area (Å²) in [5, 5.41) is 7.86. The van der Waals surface area contributed by atoms with E-state index in [4.69, 9.17) is 0 Å². The number of hydrogen-bond acceptors (Lipinski definition) is 11. The molecule has 0 radical (unpaired) electrons. The van der Waals surface area contributed by atoms with Crippen LogP contribution in [0.4, 0.5) is 5.82 Å².